The number of nitrogens with two attached hydrogens (primary N) is 2. The van der Waals surface area contributed by atoms with Crippen molar-refractivity contribution in [3.05, 3.63) is 54.4 Å². The van der Waals surface area contributed by atoms with Crippen LogP contribution in [-0.4, -0.2) is 32.6 Å². The molecule has 154 valence electrons. The highest BCUT2D eigenvalue weighted by Gasteiger charge is 2.39. The maximum atomic E-state index is 12.5. The van der Waals surface area contributed by atoms with Crippen LogP contribution >= 0.6 is 0 Å². The first-order valence-electron chi connectivity index (χ1n) is 9.72. The summed E-state index contributed by atoms with van der Waals surface area (Å²) in [6.45, 7) is 3.96. The number of carbonyl (C=O) groups excluding carboxylic acids is 1. The Labute approximate surface area is 173 Å². The van der Waals surface area contributed by atoms with Crippen molar-refractivity contribution in [3.63, 3.8) is 0 Å². The molecule has 0 saturated carbocycles. The van der Waals surface area contributed by atoms with E-state index in [4.69, 9.17) is 26.2 Å². The lowest BCUT2D eigenvalue weighted by Gasteiger charge is -2.27. The van der Waals surface area contributed by atoms with E-state index in [1.165, 1.54) is 0 Å². The minimum absolute atomic E-state index is 0.121. The summed E-state index contributed by atoms with van der Waals surface area (Å²) in [5.41, 5.74) is 12.9. The summed E-state index contributed by atoms with van der Waals surface area (Å²) in [5.74, 6) is 0.984. The van der Waals surface area contributed by atoms with Gasteiger partial charge in [0.25, 0.3) is 0 Å². The zero-order chi connectivity index (χ0) is 21.5. The van der Waals surface area contributed by atoms with Gasteiger partial charge in [-0.2, -0.15) is 4.52 Å². The molecule has 2 aromatic carbocycles. The average Bonchev–Trinajstić information content (AvgIpc) is 3.18. The number of primary amides is 1. The standard InChI is InChI=1S/C22H24N6O2/c1-13(2)12-22(24,20(23)29)21-25-17-7-5-4-6-16(17)19-26-18(27-28(19)21)14-8-10-15(30-3)11-9-14/h4-11,13H,12,24H2,1-3H3,(H2,23,29)/t22-/m1/s1. The first-order chi connectivity index (χ1) is 14.3. The lowest BCUT2D eigenvalue weighted by molar-refractivity contribution is -0.124. The molecule has 0 fully saturated rings. The molecule has 1 atom stereocenters. The van der Waals surface area contributed by atoms with E-state index in [0.717, 1.165) is 16.7 Å². The molecule has 0 spiro atoms. The number of hydrogen-bond acceptors (Lipinski definition) is 6. The largest absolute Gasteiger partial charge is 0.497 e. The predicted octanol–water partition coefficient (Wildman–Crippen LogP) is 2.64. The Kier molecular flexibility index (Phi) is 4.87. The molecule has 4 N–H and O–H groups in total. The molecule has 4 aromatic rings. The van der Waals surface area contributed by atoms with Gasteiger partial charge in [-0.25, -0.2) is 9.97 Å². The number of rotatable bonds is 6. The SMILES string of the molecule is COc1ccc(-c2nc3c4ccccc4nc([C@@](N)(CC(C)C)C(N)=O)n3n2)cc1. The van der Waals surface area contributed by atoms with Crippen molar-refractivity contribution in [1.29, 1.82) is 0 Å². The fourth-order valence-corrected chi connectivity index (χ4v) is 3.65. The number of aromatic nitrogens is 4. The molecule has 0 aliphatic heterocycles. The molecule has 30 heavy (non-hydrogen) atoms. The number of benzene rings is 2. The van der Waals surface area contributed by atoms with Crippen LogP contribution in [0, 0.1) is 5.92 Å². The number of nitrogens with zero attached hydrogens (tertiary/aromatic N) is 4. The van der Waals surface area contributed by atoms with Gasteiger partial charge >= 0.3 is 0 Å². The minimum atomic E-state index is -1.48. The van der Waals surface area contributed by atoms with Crippen LogP contribution in [0.1, 0.15) is 26.1 Å². The Balaban J connectivity index is 2.01. The lowest BCUT2D eigenvalue weighted by Crippen LogP contribution is -2.51. The molecule has 0 unspecified atom stereocenters. The molecule has 0 aliphatic carbocycles. The van der Waals surface area contributed by atoms with Gasteiger partial charge in [0.15, 0.2) is 22.8 Å². The van der Waals surface area contributed by atoms with E-state index in [9.17, 15) is 4.79 Å². The summed E-state index contributed by atoms with van der Waals surface area (Å²) in [4.78, 5) is 21.9. The van der Waals surface area contributed by atoms with Crippen LogP contribution in [0.25, 0.3) is 27.9 Å². The summed E-state index contributed by atoms with van der Waals surface area (Å²) < 4.78 is 6.78. The van der Waals surface area contributed by atoms with Crippen molar-refractivity contribution in [2.24, 2.45) is 17.4 Å². The van der Waals surface area contributed by atoms with Crippen molar-refractivity contribution in [1.82, 2.24) is 19.6 Å². The van der Waals surface area contributed by atoms with E-state index in [2.05, 4.69) is 5.10 Å². The molecule has 0 saturated heterocycles. The smallest absolute Gasteiger partial charge is 0.245 e. The number of carbonyl (C=O) groups is 1. The molecular formula is C22H24N6O2. The Bertz CT molecular complexity index is 1230. The van der Waals surface area contributed by atoms with Gasteiger partial charge in [-0.3, -0.25) is 4.79 Å². The van der Waals surface area contributed by atoms with Crippen molar-refractivity contribution in [3.8, 4) is 17.1 Å². The van der Waals surface area contributed by atoms with Crippen LogP contribution in [0.3, 0.4) is 0 Å². The first kappa shape index (κ1) is 19.8. The zero-order valence-corrected chi connectivity index (χ0v) is 17.2. The van der Waals surface area contributed by atoms with Crippen LogP contribution in [0.4, 0.5) is 0 Å². The number of hydrogen-bond donors (Lipinski definition) is 2. The topological polar surface area (TPSA) is 121 Å². The van der Waals surface area contributed by atoms with Gasteiger partial charge in [0.05, 0.1) is 12.6 Å². The van der Waals surface area contributed by atoms with Crippen LogP contribution in [0.2, 0.25) is 0 Å². The third-order valence-electron chi connectivity index (χ3n) is 5.10. The van der Waals surface area contributed by atoms with E-state index < -0.39 is 11.4 Å². The number of amides is 1. The number of para-hydroxylation sites is 1. The maximum Gasteiger partial charge on any atom is 0.245 e. The summed E-state index contributed by atoms with van der Waals surface area (Å²) in [6, 6.07) is 15.0. The lowest BCUT2D eigenvalue weighted by atomic mass is 9.88. The number of ether oxygens (including phenoxy) is 1. The number of methoxy groups -OCH3 is 1. The van der Waals surface area contributed by atoms with Crippen LogP contribution in [0.15, 0.2) is 48.5 Å². The van der Waals surface area contributed by atoms with E-state index in [1.54, 1.807) is 11.6 Å². The molecule has 8 nitrogen and oxygen atoms in total. The Morgan fingerprint density at radius 3 is 2.47 bits per heavy atom. The highest BCUT2D eigenvalue weighted by molar-refractivity contribution is 5.93. The van der Waals surface area contributed by atoms with Gasteiger partial charge in [0.2, 0.25) is 5.91 Å². The molecular weight excluding hydrogens is 380 g/mol. The van der Waals surface area contributed by atoms with E-state index in [0.29, 0.717) is 23.4 Å². The molecule has 0 aliphatic rings. The molecule has 1 amide bonds. The Morgan fingerprint density at radius 1 is 1.13 bits per heavy atom. The summed E-state index contributed by atoms with van der Waals surface area (Å²) in [6.07, 6.45) is 0.334. The first-order valence-corrected chi connectivity index (χ1v) is 9.72. The normalized spacial score (nSPS) is 13.6. The molecule has 0 bridgehead atoms. The maximum absolute atomic E-state index is 12.5. The highest BCUT2D eigenvalue weighted by atomic mass is 16.5. The average molecular weight is 404 g/mol. The summed E-state index contributed by atoms with van der Waals surface area (Å²) >= 11 is 0. The van der Waals surface area contributed by atoms with Gasteiger partial charge in [-0.1, -0.05) is 26.0 Å². The third kappa shape index (κ3) is 3.25. The molecule has 2 aromatic heterocycles. The fourth-order valence-electron chi connectivity index (χ4n) is 3.65. The van der Waals surface area contributed by atoms with Gasteiger partial charge in [0.1, 0.15) is 5.75 Å². The van der Waals surface area contributed by atoms with E-state index >= 15 is 0 Å². The summed E-state index contributed by atoms with van der Waals surface area (Å²) in [5, 5.41) is 5.47. The molecule has 2 heterocycles. The van der Waals surface area contributed by atoms with Crippen LogP contribution in [0.5, 0.6) is 5.75 Å². The molecule has 4 rings (SSSR count). The quantitative estimate of drug-likeness (QED) is 0.509. The van der Waals surface area contributed by atoms with E-state index in [-0.39, 0.29) is 11.7 Å². The summed E-state index contributed by atoms with van der Waals surface area (Å²) in [7, 11) is 1.61. The molecule has 0 radical (unpaired) electrons. The zero-order valence-electron chi connectivity index (χ0n) is 17.2. The Morgan fingerprint density at radius 2 is 1.83 bits per heavy atom. The van der Waals surface area contributed by atoms with Gasteiger partial charge in [0, 0.05) is 10.9 Å². The molecule has 8 heteroatoms. The van der Waals surface area contributed by atoms with Gasteiger partial charge < -0.3 is 16.2 Å². The fraction of sp³-hybridized carbons (Fsp3) is 0.273. The third-order valence-corrected chi connectivity index (χ3v) is 5.10. The predicted molar refractivity (Wildman–Crippen MR) is 115 cm³/mol. The van der Waals surface area contributed by atoms with Gasteiger partial charge in [-0.05, 0) is 48.7 Å². The van der Waals surface area contributed by atoms with Crippen LogP contribution in [-0.2, 0) is 10.3 Å². The van der Waals surface area contributed by atoms with Crippen LogP contribution < -0.4 is 16.2 Å². The monoisotopic (exact) mass is 404 g/mol. The minimum Gasteiger partial charge on any atom is -0.497 e. The van der Waals surface area contributed by atoms with Crippen molar-refractivity contribution < 1.29 is 9.53 Å². The highest BCUT2D eigenvalue weighted by Crippen LogP contribution is 2.30. The van der Waals surface area contributed by atoms with Crippen molar-refractivity contribution in [2.45, 2.75) is 25.8 Å². The van der Waals surface area contributed by atoms with Gasteiger partial charge in [-0.15, -0.1) is 5.10 Å². The van der Waals surface area contributed by atoms with Crippen molar-refractivity contribution >= 4 is 22.5 Å². The van der Waals surface area contributed by atoms with E-state index in [1.807, 2.05) is 62.4 Å². The second-order valence-electron chi connectivity index (χ2n) is 7.79. The van der Waals surface area contributed by atoms with Crippen molar-refractivity contribution in [2.75, 3.05) is 7.11 Å². The second kappa shape index (κ2) is 7.38. The second-order valence-corrected chi connectivity index (χ2v) is 7.79. The Hall–Kier alpha value is -3.52. The number of fused-ring (bicyclic) bond motifs is 3.